The smallest absolute Gasteiger partial charge is 0.232 e. The quantitative estimate of drug-likeness (QED) is 0.303. The van der Waals surface area contributed by atoms with E-state index in [1.165, 1.54) is 0 Å². The Balaban J connectivity index is 1.50. The molecule has 0 radical (unpaired) electrons. The zero-order chi connectivity index (χ0) is 30.9. The maximum atomic E-state index is 13.9. The summed E-state index contributed by atoms with van der Waals surface area (Å²) in [4.78, 5) is 27.8. The highest BCUT2D eigenvalue weighted by molar-refractivity contribution is 6.30. The number of fused-ring (bicyclic) bond motifs is 1. The summed E-state index contributed by atoms with van der Waals surface area (Å²) in [6.07, 6.45) is 3.23. The van der Waals surface area contributed by atoms with Crippen LogP contribution in [0.15, 0.2) is 60.7 Å². The number of methoxy groups -OCH3 is 1. The van der Waals surface area contributed by atoms with Crippen LogP contribution in [-0.2, 0) is 21.6 Å². The third kappa shape index (κ3) is 6.24. The normalized spacial score (nSPS) is 21.6. The summed E-state index contributed by atoms with van der Waals surface area (Å²) < 4.78 is 11.7. The van der Waals surface area contributed by atoms with Gasteiger partial charge in [0.2, 0.25) is 11.8 Å². The molecule has 1 fully saturated rings. The van der Waals surface area contributed by atoms with Crippen molar-refractivity contribution in [1.29, 1.82) is 0 Å². The molecule has 43 heavy (non-hydrogen) atoms. The van der Waals surface area contributed by atoms with E-state index in [1.807, 2.05) is 86.3 Å². The second-order valence-electron chi connectivity index (χ2n) is 12.1. The Labute approximate surface area is 259 Å². The van der Waals surface area contributed by atoms with Crippen molar-refractivity contribution in [3.05, 3.63) is 87.9 Å². The summed E-state index contributed by atoms with van der Waals surface area (Å²) in [6.45, 7) is 5.79. The van der Waals surface area contributed by atoms with Crippen LogP contribution in [0, 0.1) is 11.8 Å². The number of aliphatic hydroxyl groups is 1. The highest BCUT2D eigenvalue weighted by atomic mass is 35.5. The number of benzene rings is 3. The van der Waals surface area contributed by atoms with Gasteiger partial charge in [0.1, 0.15) is 0 Å². The monoisotopic (exact) mass is 604 g/mol. The number of amides is 2. The molecule has 0 aromatic heterocycles. The molecule has 0 saturated heterocycles. The molecule has 228 valence electrons. The molecule has 8 heteroatoms. The van der Waals surface area contributed by atoms with E-state index in [4.69, 9.17) is 21.1 Å². The van der Waals surface area contributed by atoms with Gasteiger partial charge >= 0.3 is 0 Å². The summed E-state index contributed by atoms with van der Waals surface area (Å²) in [5.41, 5.74) is 3.25. The molecular weight excluding hydrogens is 564 g/mol. The Bertz CT molecular complexity index is 1460. The maximum Gasteiger partial charge on any atom is 0.232 e. The van der Waals surface area contributed by atoms with Gasteiger partial charge < -0.3 is 24.8 Å². The number of hydrogen-bond acceptors (Lipinski definition) is 5. The van der Waals surface area contributed by atoms with Crippen molar-refractivity contribution in [2.24, 2.45) is 11.8 Å². The minimum absolute atomic E-state index is 0.00337. The molecule has 1 aliphatic carbocycles. The van der Waals surface area contributed by atoms with Gasteiger partial charge in [-0.05, 0) is 111 Å². The van der Waals surface area contributed by atoms with E-state index in [9.17, 15) is 14.7 Å². The Morgan fingerprint density at radius 1 is 1.02 bits per heavy atom. The van der Waals surface area contributed by atoms with Gasteiger partial charge in [0.25, 0.3) is 0 Å². The van der Waals surface area contributed by atoms with Crippen LogP contribution >= 0.6 is 11.6 Å². The lowest BCUT2D eigenvalue weighted by molar-refractivity contribution is -0.127. The Hall–Kier alpha value is -3.55. The lowest BCUT2D eigenvalue weighted by atomic mass is 9.71. The summed E-state index contributed by atoms with van der Waals surface area (Å²) >= 11 is 6.25. The molecule has 3 aromatic carbocycles. The summed E-state index contributed by atoms with van der Waals surface area (Å²) in [5, 5.41) is 15.0. The molecule has 0 spiro atoms. The molecule has 2 N–H and O–H groups in total. The number of anilines is 1. The zero-order valence-electron chi connectivity index (χ0n) is 25.5. The van der Waals surface area contributed by atoms with Crippen molar-refractivity contribution in [2.45, 2.75) is 70.6 Å². The average Bonchev–Trinajstić information content (AvgIpc) is 3.00. The van der Waals surface area contributed by atoms with Gasteiger partial charge in [-0.2, -0.15) is 0 Å². The van der Waals surface area contributed by atoms with E-state index in [1.54, 1.807) is 14.2 Å². The topological polar surface area (TPSA) is 88.1 Å². The molecule has 7 nitrogen and oxygen atoms in total. The molecule has 1 aliphatic heterocycles. The van der Waals surface area contributed by atoms with Crippen molar-refractivity contribution in [3.63, 3.8) is 0 Å². The van der Waals surface area contributed by atoms with Gasteiger partial charge in [-0.3, -0.25) is 9.59 Å². The fourth-order valence-corrected chi connectivity index (χ4v) is 6.77. The predicted molar refractivity (Wildman–Crippen MR) is 169 cm³/mol. The fraction of sp³-hybridized carbons (Fsp3) is 0.429. The number of nitrogens with zero attached hydrogens (tertiary/aromatic N) is 1. The van der Waals surface area contributed by atoms with Crippen LogP contribution in [-0.4, -0.2) is 37.2 Å². The van der Waals surface area contributed by atoms with Crippen molar-refractivity contribution >= 4 is 29.1 Å². The first kappa shape index (κ1) is 30.9. The Morgan fingerprint density at radius 2 is 1.67 bits per heavy atom. The van der Waals surface area contributed by atoms with Crippen molar-refractivity contribution in [1.82, 2.24) is 5.32 Å². The van der Waals surface area contributed by atoms with Crippen LogP contribution in [0.3, 0.4) is 0 Å². The first-order valence-corrected chi connectivity index (χ1v) is 15.4. The Morgan fingerprint density at radius 3 is 2.26 bits per heavy atom. The summed E-state index contributed by atoms with van der Waals surface area (Å²) in [6, 6.07) is 18.7. The van der Waals surface area contributed by atoms with Crippen LogP contribution in [0.25, 0.3) is 0 Å². The van der Waals surface area contributed by atoms with E-state index >= 15 is 0 Å². The molecule has 5 rings (SSSR count). The number of ether oxygens (including phenoxy) is 2. The van der Waals surface area contributed by atoms with Gasteiger partial charge in [-0.25, -0.2) is 0 Å². The van der Waals surface area contributed by atoms with Gasteiger partial charge in [0.05, 0.1) is 31.3 Å². The molecule has 2 atom stereocenters. The van der Waals surface area contributed by atoms with Crippen molar-refractivity contribution < 1.29 is 24.2 Å². The molecule has 1 heterocycles. The van der Waals surface area contributed by atoms with Crippen molar-refractivity contribution in [2.75, 3.05) is 19.1 Å². The minimum Gasteiger partial charge on any atom is -0.493 e. The lowest BCUT2D eigenvalue weighted by Gasteiger charge is -2.39. The molecule has 2 amide bonds. The molecular formula is C35H41ClN2O5. The standard InChI is InChI=1S/C35H41ClN2O5/c1-21(2)43-31-20-29-24(18-30(31)42-5)19-32(39)38(33(29)22-8-14-27(36)15-9-22)28-16-12-26(13-17-28)35(3,41)25-10-6-23(7-11-25)34(40)37-4/h8-9,12-18,20-21,23,25,33,41H,6-7,10-11,19H2,1-5H3,(H,37,40). The van der Waals surface area contributed by atoms with Crippen molar-refractivity contribution in [3.8, 4) is 11.5 Å². The highest BCUT2D eigenvalue weighted by Crippen LogP contribution is 2.45. The van der Waals surface area contributed by atoms with Crippen LogP contribution in [0.5, 0.6) is 11.5 Å². The number of halogens is 1. The van der Waals surface area contributed by atoms with E-state index in [2.05, 4.69) is 5.32 Å². The van der Waals surface area contributed by atoms with Crippen LogP contribution < -0.4 is 19.7 Å². The first-order chi connectivity index (χ1) is 20.5. The Kier molecular flexibility index (Phi) is 9.04. The number of carbonyl (C=O) groups excluding carboxylic acids is 2. The third-order valence-electron chi connectivity index (χ3n) is 9.01. The van der Waals surface area contributed by atoms with Crippen LogP contribution in [0.2, 0.25) is 5.02 Å². The van der Waals surface area contributed by atoms with E-state index in [-0.39, 0.29) is 36.2 Å². The second kappa shape index (κ2) is 12.6. The summed E-state index contributed by atoms with van der Waals surface area (Å²) in [7, 11) is 3.27. The fourth-order valence-electron chi connectivity index (χ4n) is 6.65. The average molecular weight is 605 g/mol. The lowest BCUT2D eigenvalue weighted by Crippen LogP contribution is -2.41. The maximum absolute atomic E-state index is 13.9. The van der Waals surface area contributed by atoms with Crippen LogP contribution in [0.4, 0.5) is 5.69 Å². The van der Waals surface area contributed by atoms with Gasteiger partial charge in [0.15, 0.2) is 11.5 Å². The molecule has 0 bridgehead atoms. The SMILES string of the molecule is CNC(=O)C1CCC(C(C)(O)c2ccc(N3C(=O)Cc4cc(OC)c(OC(C)C)cc4C3c3ccc(Cl)cc3)cc2)CC1. The largest absolute Gasteiger partial charge is 0.493 e. The van der Waals surface area contributed by atoms with E-state index in [0.29, 0.717) is 16.5 Å². The van der Waals surface area contributed by atoms with Gasteiger partial charge in [0, 0.05) is 23.7 Å². The number of hydrogen-bond donors (Lipinski definition) is 2. The summed E-state index contributed by atoms with van der Waals surface area (Å²) in [5.74, 6) is 1.30. The molecule has 2 unspecified atom stereocenters. The third-order valence-corrected chi connectivity index (χ3v) is 9.26. The second-order valence-corrected chi connectivity index (χ2v) is 12.6. The molecule has 3 aromatic rings. The number of nitrogens with one attached hydrogen (secondary N) is 1. The highest BCUT2D eigenvalue weighted by Gasteiger charge is 2.39. The number of carbonyl (C=O) groups is 2. The molecule has 2 aliphatic rings. The van der Waals surface area contributed by atoms with Crippen LogP contribution in [0.1, 0.15) is 74.8 Å². The minimum atomic E-state index is -1.06. The first-order valence-electron chi connectivity index (χ1n) is 15.0. The van der Waals surface area contributed by atoms with Gasteiger partial charge in [-0.15, -0.1) is 0 Å². The van der Waals surface area contributed by atoms with E-state index in [0.717, 1.165) is 53.6 Å². The van der Waals surface area contributed by atoms with E-state index < -0.39 is 11.6 Å². The van der Waals surface area contributed by atoms with Gasteiger partial charge in [-0.1, -0.05) is 35.9 Å². The molecule has 1 saturated carbocycles. The zero-order valence-corrected chi connectivity index (χ0v) is 26.3. The predicted octanol–water partition coefficient (Wildman–Crippen LogP) is 6.57. The number of rotatable bonds is 8.